The Morgan fingerprint density at radius 2 is 2.08 bits per heavy atom. The molecule has 2 aliphatic heterocycles. The highest BCUT2D eigenvalue weighted by Gasteiger charge is 2.41. The fraction of sp³-hybridized carbons (Fsp3) is 0.947. The summed E-state index contributed by atoms with van der Waals surface area (Å²) < 4.78 is 17.4. The maximum Gasteiger partial charge on any atom is 0.317 e. The van der Waals surface area contributed by atoms with Gasteiger partial charge in [0.05, 0.1) is 24.9 Å². The van der Waals surface area contributed by atoms with Crippen LogP contribution >= 0.6 is 0 Å². The Bertz CT molecular complexity index is 395. The summed E-state index contributed by atoms with van der Waals surface area (Å²) in [6, 6.07) is 0.0656. The molecule has 0 aromatic rings. The van der Waals surface area contributed by atoms with Crippen molar-refractivity contribution in [3.8, 4) is 0 Å². The van der Waals surface area contributed by atoms with Gasteiger partial charge in [0, 0.05) is 39.3 Å². The lowest BCUT2D eigenvalue weighted by molar-refractivity contribution is -0.154. The van der Waals surface area contributed by atoms with Crippen molar-refractivity contribution in [2.75, 3.05) is 46.1 Å². The molecule has 0 bridgehead atoms. The fourth-order valence-electron chi connectivity index (χ4n) is 3.59. The summed E-state index contributed by atoms with van der Waals surface area (Å²) in [4.78, 5) is 14.2. The van der Waals surface area contributed by atoms with Gasteiger partial charge >= 0.3 is 6.03 Å². The molecule has 6 nitrogen and oxygen atoms in total. The monoisotopic (exact) mass is 356 g/mol. The smallest absolute Gasteiger partial charge is 0.317 e. The van der Waals surface area contributed by atoms with E-state index in [-0.39, 0.29) is 17.7 Å². The molecule has 25 heavy (non-hydrogen) atoms. The van der Waals surface area contributed by atoms with Gasteiger partial charge in [-0.3, -0.25) is 0 Å². The van der Waals surface area contributed by atoms with Crippen molar-refractivity contribution in [2.45, 2.75) is 64.6 Å². The molecule has 2 amide bonds. The van der Waals surface area contributed by atoms with Crippen molar-refractivity contribution in [2.24, 2.45) is 5.92 Å². The maximum atomic E-state index is 12.3. The van der Waals surface area contributed by atoms with Crippen LogP contribution < -0.4 is 5.32 Å². The van der Waals surface area contributed by atoms with Crippen molar-refractivity contribution in [3.63, 3.8) is 0 Å². The van der Waals surface area contributed by atoms with E-state index >= 15 is 0 Å². The lowest BCUT2D eigenvalue weighted by atomic mass is 9.83. The molecule has 0 aromatic heterocycles. The second-order valence-electron chi connectivity index (χ2n) is 7.62. The summed E-state index contributed by atoms with van der Waals surface area (Å²) in [6.07, 6.45) is 4.95. The molecule has 0 aromatic carbocycles. The van der Waals surface area contributed by atoms with Gasteiger partial charge in [-0.2, -0.15) is 0 Å². The molecule has 2 fully saturated rings. The van der Waals surface area contributed by atoms with E-state index in [1.165, 1.54) is 0 Å². The lowest BCUT2D eigenvalue weighted by Crippen LogP contribution is -2.53. The zero-order valence-electron chi connectivity index (χ0n) is 16.2. The minimum absolute atomic E-state index is 0.0656. The van der Waals surface area contributed by atoms with Gasteiger partial charge in [0.1, 0.15) is 0 Å². The van der Waals surface area contributed by atoms with Gasteiger partial charge in [0.25, 0.3) is 0 Å². The minimum atomic E-state index is -0.108. The molecule has 2 heterocycles. The number of rotatable bonds is 8. The lowest BCUT2D eigenvalue weighted by Gasteiger charge is -2.46. The topological polar surface area (TPSA) is 60.0 Å². The van der Waals surface area contributed by atoms with E-state index in [1.807, 2.05) is 11.8 Å². The van der Waals surface area contributed by atoms with Crippen LogP contribution in [-0.2, 0) is 14.2 Å². The highest BCUT2D eigenvalue weighted by atomic mass is 16.5. The van der Waals surface area contributed by atoms with E-state index in [2.05, 4.69) is 19.2 Å². The van der Waals surface area contributed by atoms with Crippen LogP contribution in [0.3, 0.4) is 0 Å². The van der Waals surface area contributed by atoms with Gasteiger partial charge < -0.3 is 24.4 Å². The number of nitrogens with one attached hydrogen (secondary N) is 1. The number of urea groups is 1. The van der Waals surface area contributed by atoms with Crippen molar-refractivity contribution >= 4 is 6.03 Å². The zero-order valence-corrected chi connectivity index (χ0v) is 16.2. The number of piperidine rings is 1. The van der Waals surface area contributed by atoms with Crippen LogP contribution in [0, 0.1) is 5.92 Å². The van der Waals surface area contributed by atoms with Crippen LogP contribution in [-0.4, -0.2) is 68.7 Å². The molecule has 1 atom stereocenters. The number of likely N-dealkylation sites (tertiary alicyclic amines) is 1. The van der Waals surface area contributed by atoms with Crippen LogP contribution in [0.5, 0.6) is 0 Å². The summed E-state index contributed by atoms with van der Waals surface area (Å²) in [5, 5.41) is 3.03. The predicted octanol–water partition coefficient (Wildman–Crippen LogP) is 2.81. The molecule has 146 valence electrons. The van der Waals surface area contributed by atoms with Crippen molar-refractivity contribution < 1.29 is 19.0 Å². The molecule has 6 heteroatoms. The van der Waals surface area contributed by atoms with E-state index in [4.69, 9.17) is 14.2 Å². The summed E-state index contributed by atoms with van der Waals surface area (Å²) in [7, 11) is 0. The Balaban J connectivity index is 1.71. The van der Waals surface area contributed by atoms with Gasteiger partial charge in [-0.05, 0) is 38.5 Å². The highest BCUT2D eigenvalue weighted by molar-refractivity contribution is 5.74. The van der Waals surface area contributed by atoms with Gasteiger partial charge in [-0.25, -0.2) is 4.79 Å². The molecule has 0 saturated carbocycles. The van der Waals surface area contributed by atoms with Crippen LogP contribution in [0.4, 0.5) is 4.79 Å². The Labute approximate surface area is 152 Å². The average Bonchev–Trinajstić information content (AvgIpc) is 2.59. The average molecular weight is 357 g/mol. The summed E-state index contributed by atoms with van der Waals surface area (Å²) >= 11 is 0. The summed E-state index contributed by atoms with van der Waals surface area (Å²) in [5.41, 5.74) is -0.108. The third-order valence-corrected chi connectivity index (χ3v) is 5.19. The van der Waals surface area contributed by atoms with Crippen LogP contribution in [0.25, 0.3) is 0 Å². The quantitative estimate of drug-likeness (QED) is 0.680. The standard InChI is InChI=1S/C19H36N2O4/c1-4-23-13-14-24-17-6-12-25-19(15-17)7-10-21(11-8-19)18(22)20-9-5-16(2)3/h16-17H,4-15H2,1-3H3,(H,20,22). The molecule has 0 radical (unpaired) electrons. The second kappa shape index (κ2) is 10.3. The fourth-order valence-corrected chi connectivity index (χ4v) is 3.59. The van der Waals surface area contributed by atoms with Crippen LogP contribution in [0.15, 0.2) is 0 Å². The number of amides is 2. The van der Waals surface area contributed by atoms with Gasteiger partial charge in [0.15, 0.2) is 0 Å². The van der Waals surface area contributed by atoms with Crippen molar-refractivity contribution in [1.29, 1.82) is 0 Å². The van der Waals surface area contributed by atoms with Crippen LogP contribution in [0.2, 0.25) is 0 Å². The van der Waals surface area contributed by atoms with Crippen molar-refractivity contribution in [3.05, 3.63) is 0 Å². The predicted molar refractivity (Wildman–Crippen MR) is 97.8 cm³/mol. The molecular weight excluding hydrogens is 320 g/mol. The van der Waals surface area contributed by atoms with Crippen molar-refractivity contribution in [1.82, 2.24) is 10.2 Å². The normalized spacial score (nSPS) is 23.2. The number of ether oxygens (including phenoxy) is 3. The molecule has 1 N–H and O–H groups in total. The van der Waals surface area contributed by atoms with E-state index in [1.54, 1.807) is 0 Å². The minimum Gasteiger partial charge on any atom is -0.379 e. The Hall–Kier alpha value is -0.850. The van der Waals surface area contributed by atoms with E-state index in [0.29, 0.717) is 19.1 Å². The molecule has 2 saturated heterocycles. The summed E-state index contributed by atoms with van der Waals surface area (Å²) in [5.74, 6) is 0.611. The Kier molecular flexibility index (Phi) is 8.46. The first-order chi connectivity index (χ1) is 12.0. The highest BCUT2D eigenvalue weighted by Crippen LogP contribution is 2.36. The summed E-state index contributed by atoms with van der Waals surface area (Å²) in [6.45, 7) is 11.4. The zero-order chi connectivity index (χ0) is 18.1. The van der Waals surface area contributed by atoms with Gasteiger partial charge in [-0.1, -0.05) is 13.8 Å². The number of nitrogens with zero attached hydrogens (tertiary/aromatic N) is 1. The van der Waals surface area contributed by atoms with E-state index in [9.17, 15) is 4.79 Å². The molecule has 2 rings (SSSR count). The maximum absolute atomic E-state index is 12.3. The van der Waals surface area contributed by atoms with Gasteiger partial charge in [-0.15, -0.1) is 0 Å². The first-order valence-electron chi connectivity index (χ1n) is 9.91. The number of carbonyl (C=O) groups is 1. The van der Waals surface area contributed by atoms with E-state index < -0.39 is 0 Å². The molecule has 0 aliphatic carbocycles. The SMILES string of the molecule is CCOCCOC1CCOC2(CCN(C(=O)NCCC(C)C)CC2)C1. The first kappa shape index (κ1) is 20.5. The van der Waals surface area contributed by atoms with E-state index in [0.717, 1.165) is 65.0 Å². The first-order valence-corrected chi connectivity index (χ1v) is 9.91. The Morgan fingerprint density at radius 1 is 1.32 bits per heavy atom. The molecular formula is C19H36N2O4. The van der Waals surface area contributed by atoms with Crippen LogP contribution in [0.1, 0.15) is 52.9 Å². The number of hydrogen-bond donors (Lipinski definition) is 1. The molecule has 1 unspecified atom stereocenters. The second-order valence-corrected chi connectivity index (χ2v) is 7.62. The molecule has 1 spiro atoms. The third-order valence-electron chi connectivity index (χ3n) is 5.19. The number of hydrogen-bond acceptors (Lipinski definition) is 4. The molecule has 2 aliphatic rings. The van der Waals surface area contributed by atoms with Gasteiger partial charge in [0.2, 0.25) is 0 Å². The third kappa shape index (κ3) is 6.76. The largest absolute Gasteiger partial charge is 0.379 e. The number of carbonyl (C=O) groups excluding carboxylic acids is 1. The Morgan fingerprint density at radius 3 is 2.76 bits per heavy atom.